The van der Waals surface area contributed by atoms with Crippen molar-refractivity contribution in [1.29, 1.82) is 0 Å². The van der Waals surface area contributed by atoms with E-state index in [2.05, 4.69) is 13.8 Å². The maximum absolute atomic E-state index is 12.3. The van der Waals surface area contributed by atoms with Crippen LogP contribution in [0, 0.1) is 17.8 Å². The van der Waals surface area contributed by atoms with E-state index >= 15 is 0 Å². The van der Waals surface area contributed by atoms with E-state index in [1.807, 2.05) is 0 Å². The van der Waals surface area contributed by atoms with Gasteiger partial charge in [0.15, 0.2) is 15.6 Å². The third kappa shape index (κ3) is 4.67. The molecular formula is C18H26O3S. The van der Waals surface area contributed by atoms with Crippen LogP contribution in [0.2, 0.25) is 0 Å². The van der Waals surface area contributed by atoms with Gasteiger partial charge in [0.1, 0.15) is 5.75 Å². The molecule has 0 radical (unpaired) electrons. The Balaban J connectivity index is 1.91. The number of carbonyl (C=O) groups excluding carboxylic acids is 1. The molecular weight excluding hydrogens is 296 g/mol. The molecule has 1 aromatic carbocycles. The largest absolute Gasteiger partial charge is 0.298 e. The van der Waals surface area contributed by atoms with Gasteiger partial charge in [0.25, 0.3) is 0 Å². The molecule has 0 unspecified atom stereocenters. The fourth-order valence-electron chi connectivity index (χ4n) is 3.40. The average molecular weight is 322 g/mol. The Morgan fingerprint density at radius 3 is 2.23 bits per heavy atom. The van der Waals surface area contributed by atoms with Gasteiger partial charge in [0.05, 0.1) is 4.90 Å². The highest BCUT2D eigenvalue weighted by Crippen LogP contribution is 2.33. The van der Waals surface area contributed by atoms with Gasteiger partial charge in [-0.25, -0.2) is 8.42 Å². The Labute approximate surface area is 134 Å². The molecule has 0 saturated heterocycles. The molecule has 2 rings (SSSR count). The maximum atomic E-state index is 12.3. The summed E-state index contributed by atoms with van der Waals surface area (Å²) in [6, 6.07) is 8.27. The predicted octanol–water partition coefficient (Wildman–Crippen LogP) is 3.88. The van der Waals surface area contributed by atoms with Gasteiger partial charge in [0, 0.05) is 5.92 Å². The van der Waals surface area contributed by atoms with E-state index in [0.29, 0.717) is 11.8 Å². The number of sulfone groups is 1. The highest BCUT2D eigenvalue weighted by molar-refractivity contribution is 7.92. The van der Waals surface area contributed by atoms with Crippen LogP contribution in [-0.2, 0) is 14.6 Å². The normalized spacial score (nSPS) is 22.7. The number of hydrogen-bond donors (Lipinski definition) is 0. The first-order valence-electron chi connectivity index (χ1n) is 8.19. The molecule has 0 aliphatic heterocycles. The zero-order valence-corrected chi connectivity index (χ0v) is 14.3. The standard InChI is InChI=1S/C18H26O3S/c1-14(2)12-15-8-10-16(11-9-15)18(19)13-22(20,21)17-6-4-3-5-7-17/h3-7,14-16H,8-13H2,1-2H3. The van der Waals surface area contributed by atoms with E-state index in [1.165, 1.54) is 6.42 Å². The molecule has 0 bridgehead atoms. The smallest absolute Gasteiger partial charge is 0.185 e. The first-order valence-corrected chi connectivity index (χ1v) is 9.84. The Hall–Kier alpha value is -1.16. The van der Waals surface area contributed by atoms with Crippen molar-refractivity contribution in [3.63, 3.8) is 0 Å². The average Bonchev–Trinajstić information content (AvgIpc) is 2.48. The summed E-state index contributed by atoms with van der Waals surface area (Å²) in [5.74, 6) is 0.871. The molecule has 22 heavy (non-hydrogen) atoms. The van der Waals surface area contributed by atoms with E-state index in [0.717, 1.165) is 25.7 Å². The SMILES string of the molecule is CC(C)CC1CCC(C(=O)CS(=O)(=O)c2ccccc2)CC1. The lowest BCUT2D eigenvalue weighted by Crippen LogP contribution is -2.28. The molecule has 0 amide bonds. The van der Waals surface area contributed by atoms with E-state index < -0.39 is 9.84 Å². The maximum Gasteiger partial charge on any atom is 0.185 e. The lowest BCUT2D eigenvalue weighted by molar-refractivity contribution is -0.121. The molecule has 0 heterocycles. The molecule has 1 aromatic rings. The van der Waals surface area contributed by atoms with Gasteiger partial charge in [-0.2, -0.15) is 0 Å². The summed E-state index contributed by atoms with van der Waals surface area (Å²) in [4.78, 5) is 12.6. The van der Waals surface area contributed by atoms with Gasteiger partial charge in [-0.3, -0.25) is 4.79 Å². The predicted molar refractivity (Wildman–Crippen MR) is 88.4 cm³/mol. The van der Waals surface area contributed by atoms with Crippen LogP contribution in [0.1, 0.15) is 46.0 Å². The zero-order valence-electron chi connectivity index (χ0n) is 13.5. The van der Waals surface area contributed by atoms with E-state index in [9.17, 15) is 13.2 Å². The third-order valence-electron chi connectivity index (χ3n) is 4.54. The summed E-state index contributed by atoms with van der Waals surface area (Å²) in [5, 5.41) is 0. The zero-order chi connectivity index (χ0) is 16.2. The molecule has 0 N–H and O–H groups in total. The Morgan fingerprint density at radius 1 is 1.09 bits per heavy atom. The molecule has 3 nitrogen and oxygen atoms in total. The fraction of sp³-hybridized carbons (Fsp3) is 0.611. The van der Waals surface area contributed by atoms with E-state index in [1.54, 1.807) is 30.3 Å². The van der Waals surface area contributed by atoms with E-state index in [4.69, 9.17) is 0 Å². The molecule has 4 heteroatoms. The number of rotatable bonds is 6. The highest BCUT2D eigenvalue weighted by atomic mass is 32.2. The van der Waals surface area contributed by atoms with Crippen LogP contribution in [0.15, 0.2) is 35.2 Å². The number of Topliss-reactive ketones (excluding diaryl/α,β-unsaturated/α-hetero) is 1. The van der Waals surface area contributed by atoms with Crippen LogP contribution < -0.4 is 0 Å². The van der Waals surface area contributed by atoms with Gasteiger partial charge in [0.2, 0.25) is 0 Å². The minimum atomic E-state index is -3.49. The molecule has 0 atom stereocenters. The second kappa shape index (κ2) is 7.40. The molecule has 1 aliphatic carbocycles. The van der Waals surface area contributed by atoms with Crippen LogP contribution >= 0.6 is 0 Å². The first kappa shape index (κ1) is 17.2. The van der Waals surface area contributed by atoms with Gasteiger partial charge in [-0.15, -0.1) is 0 Å². The minimum Gasteiger partial charge on any atom is -0.298 e. The quantitative estimate of drug-likeness (QED) is 0.798. The van der Waals surface area contributed by atoms with Crippen molar-refractivity contribution in [2.24, 2.45) is 17.8 Å². The molecule has 0 aromatic heterocycles. The van der Waals surface area contributed by atoms with Crippen LogP contribution in [0.25, 0.3) is 0 Å². The van der Waals surface area contributed by atoms with Crippen LogP contribution in [-0.4, -0.2) is 20.0 Å². The van der Waals surface area contributed by atoms with Gasteiger partial charge >= 0.3 is 0 Å². The second-order valence-electron chi connectivity index (χ2n) is 6.89. The summed E-state index contributed by atoms with van der Waals surface area (Å²) < 4.78 is 24.5. The Kier molecular flexibility index (Phi) is 5.79. The molecule has 1 aliphatic rings. The number of hydrogen-bond acceptors (Lipinski definition) is 3. The molecule has 122 valence electrons. The summed E-state index contributed by atoms with van der Waals surface area (Å²) in [6.45, 7) is 4.45. The first-order chi connectivity index (χ1) is 10.4. The van der Waals surface area contributed by atoms with Gasteiger partial charge in [-0.05, 0) is 56.1 Å². The van der Waals surface area contributed by atoms with Crippen LogP contribution in [0.5, 0.6) is 0 Å². The van der Waals surface area contributed by atoms with Crippen molar-refractivity contribution < 1.29 is 13.2 Å². The fourth-order valence-corrected chi connectivity index (χ4v) is 4.75. The van der Waals surface area contributed by atoms with E-state index in [-0.39, 0.29) is 22.3 Å². The third-order valence-corrected chi connectivity index (χ3v) is 6.20. The topological polar surface area (TPSA) is 51.2 Å². The Morgan fingerprint density at radius 2 is 1.68 bits per heavy atom. The molecule has 0 spiro atoms. The van der Waals surface area contributed by atoms with Crippen molar-refractivity contribution in [2.75, 3.05) is 5.75 Å². The lowest BCUT2D eigenvalue weighted by Gasteiger charge is -2.28. The van der Waals surface area contributed by atoms with Crippen LogP contribution in [0.4, 0.5) is 0 Å². The number of benzene rings is 1. The second-order valence-corrected chi connectivity index (χ2v) is 8.88. The summed E-state index contributed by atoms with van der Waals surface area (Å²) in [7, 11) is -3.49. The van der Waals surface area contributed by atoms with Crippen molar-refractivity contribution in [1.82, 2.24) is 0 Å². The van der Waals surface area contributed by atoms with Crippen molar-refractivity contribution >= 4 is 15.6 Å². The minimum absolute atomic E-state index is 0.0677. The van der Waals surface area contributed by atoms with Crippen molar-refractivity contribution in [3.8, 4) is 0 Å². The number of carbonyl (C=O) groups is 1. The van der Waals surface area contributed by atoms with Crippen molar-refractivity contribution in [3.05, 3.63) is 30.3 Å². The number of ketones is 1. The van der Waals surface area contributed by atoms with Crippen molar-refractivity contribution in [2.45, 2.75) is 50.8 Å². The highest BCUT2D eigenvalue weighted by Gasteiger charge is 2.29. The van der Waals surface area contributed by atoms with Gasteiger partial charge in [-0.1, -0.05) is 32.0 Å². The summed E-state index contributed by atoms with van der Waals surface area (Å²) in [5.41, 5.74) is 0. The van der Waals surface area contributed by atoms with Gasteiger partial charge < -0.3 is 0 Å². The lowest BCUT2D eigenvalue weighted by atomic mass is 9.77. The van der Waals surface area contributed by atoms with Crippen LogP contribution in [0.3, 0.4) is 0 Å². The summed E-state index contributed by atoms with van der Waals surface area (Å²) in [6.07, 6.45) is 5.02. The molecule has 1 fully saturated rings. The molecule has 1 saturated carbocycles. The summed E-state index contributed by atoms with van der Waals surface area (Å²) >= 11 is 0. The Bertz CT molecular complexity index is 582. The monoisotopic (exact) mass is 322 g/mol.